The number of ketones is 1. The number of anilines is 1. The van der Waals surface area contributed by atoms with Crippen LogP contribution in [-0.4, -0.2) is 18.2 Å². The Morgan fingerprint density at radius 2 is 1.48 bits per heavy atom. The second-order valence-corrected chi connectivity index (χ2v) is 6.50. The second-order valence-electron chi connectivity index (χ2n) is 6.50. The van der Waals surface area contributed by atoms with Gasteiger partial charge in [0.05, 0.1) is 5.69 Å². The molecule has 4 rings (SSSR count). The molecule has 0 bridgehead atoms. The number of fused-ring (bicyclic) bond motifs is 1. The minimum absolute atomic E-state index is 0.0927. The number of carbonyl (C=O) groups is 2. The fourth-order valence-corrected chi connectivity index (χ4v) is 3.32. The van der Waals surface area contributed by atoms with E-state index in [1.54, 1.807) is 17.0 Å². The van der Waals surface area contributed by atoms with Gasteiger partial charge in [0.1, 0.15) is 0 Å². The quantitative estimate of drug-likeness (QED) is 0.622. The lowest BCUT2D eigenvalue weighted by atomic mass is 10.0. The van der Waals surface area contributed by atoms with Crippen LogP contribution in [0.5, 0.6) is 0 Å². The standard InChI is InChI=1S/C24H19NO2/c26-23-16-17-25(22-9-5-4-8-21(22)23)24(27)15-12-18-10-13-20(14-11-18)19-6-2-1-3-7-19/h1-15H,16-17H2/b15-12+. The molecule has 0 fully saturated rings. The van der Waals surface area contributed by atoms with Crippen LogP contribution in [0.15, 0.2) is 84.9 Å². The average Bonchev–Trinajstić information content (AvgIpc) is 2.73. The Bertz CT molecular complexity index is 1000. The molecule has 0 spiro atoms. The van der Waals surface area contributed by atoms with Crippen molar-refractivity contribution in [3.63, 3.8) is 0 Å². The van der Waals surface area contributed by atoms with Gasteiger partial charge in [0.2, 0.25) is 0 Å². The van der Waals surface area contributed by atoms with E-state index >= 15 is 0 Å². The number of hydrogen-bond acceptors (Lipinski definition) is 2. The molecule has 3 aromatic carbocycles. The molecule has 0 radical (unpaired) electrons. The summed E-state index contributed by atoms with van der Waals surface area (Å²) in [6.45, 7) is 0.423. The summed E-state index contributed by atoms with van der Waals surface area (Å²) >= 11 is 0. The minimum atomic E-state index is -0.109. The van der Waals surface area contributed by atoms with E-state index in [1.807, 2.05) is 66.7 Å². The first-order chi connectivity index (χ1) is 13.2. The van der Waals surface area contributed by atoms with Crippen molar-refractivity contribution in [2.75, 3.05) is 11.4 Å². The molecule has 0 saturated carbocycles. The lowest BCUT2D eigenvalue weighted by Gasteiger charge is -2.27. The Morgan fingerprint density at radius 3 is 2.26 bits per heavy atom. The maximum absolute atomic E-state index is 12.7. The number of nitrogens with zero attached hydrogens (tertiary/aromatic N) is 1. The molecule has 132 valence electrons. The molecule has 1 amide bonds. The molecule has 3 nitrogen and oxygen atoms in total. The zero-order valence-electron chi connectivity index (χ0n) is 14.8. The summed E-state index contributed by atoms with van der Waals surface area (Å²) in [4.78, 5) is 26.4. The van der Waals surface area contributed by atoms with Crippen molar-refractivity contribution in [1.29, 1.82) is 0 Å². The van der Waals surface area contributed by atoms with Crippen LogP contribution in [0.1, 0.15) is 22.3 Å². The average molecular weight is 353 g/mol. The van der Waals surface area contributed by atoms with E-state index in [0.717, 1.165) is 11.1 Å². The van der Waals surface area contributed by atoms with Crippen LogP contribution in [0, 0.1) is 0 Å². The predicted molar refractivity (Wildman–Crippen MR) is 109 cm³/mol. The van der Waals surface area contributed by atoms with Crippen molar-refractivity contribution in [2.45, 2.75) is 6.42 Å². The Morgan fingerprint density at radius 1 is 0.815 bits per heavy atom. The summed E-state index contributed by atoms with van der Waals surface area (Å²) in [7, 11) is 0. The number of para-hydroxylation sites is 1. The largest absolute Gasteiger partial charge is 0.308 e. The van der Waals surface area contributed by atoms with Crippen molar-refractivity contribution in [3.8, 4) is 11.1 Å². The third-order valence-corrected chi connectivity index (χ3v) is 4.76. The Balaban J connectivity index is 1.51. The summed E-state index contributed by atoms with van der Waals surface area (Å²) in [6.07, 6.45) is 3.75. The molecule has 1 heterocycles. The molecular weight excluding hydrogens is 334 g/mol. The molecular formula is C24H19NO2. The van der Waals surface area contributed by atoms with Gasteiger partial charge >= 0.3 is 0 Å². The molecule has 0 atom stereocenters. The summed E-state index contributed by atoms with van der Waals surface area (Å²) in [5.41, 5.74) is 4.59. The first kappa shape index (κ1) is 17.0. The number of Topliss-reactive ketones (excluding diaryl/α,β-unsaturated/α-hetero) is 1. The highest BCUT2D eigenvalue weighted by atomic mass is 16.2. The van der Waals surface area contributed by atoms with Crippen molar-refractivity contribution in [1.82, 2.24) is 0 Å². The molecule has 27 heavy (non-hydrogen) atoms. The number of amides is 1. The topological polar surface area (TPSA) is 37.4 Å². The third kappa shape index (κ3) is 3.58. The summed E-state index contributed by atoms with van der Waals surface area (Å²) in [5.74, 6) is -0.0165. The van der Waals surface area contributed by atoms with Crippen molar-refractivity contribution < 1.29 is 9.59 Å². The van der Waals surface area contributed by atoms with Crippen LogP contribution in [-0.2, 0) is 4.79 Å². The molecule has 3 heteroatoms. The summed E-state index contributed by atoms with van der Waals surface area (Å²) < 4.78 is 0. The van der Waals surface area contributed by atoms with Crippen molar-refractivity contribution in [2.24, 2.45) is 0 Å². The molecule has 3 aromatic rings. The fourth-order valence-electron chi connectivity index (χ4n) is 3.32. The van der Waals surface area contributed by atoms with Crippen LogP contribution in [0.25, 0.3) is 17.2 Å². The number of benzene rings is 3. The van der Waals surface area contributed by atoms with E-state index in [9.17, 15) is 9.59 Å². The SMILES string of the molecule is O=C1CCN(C(=O)/C=C/c2ccc(-c3ccccc3)cc2)c2ccccc21. The normalized spacial score (nSPS) is 13.6. The van der Waals surface area contributed by atoms with Crippen molar-refractivity contribution in [3.05, 3.63) is 96.1 Å². The van der Waals surface area contributed by atoms with Gasteiger partial charge in [-0.1, -0.05) is 66.7 Å². The Kier molecular flexibility index (Phi) is 4.67. The van der Waals surface area contributed by atoms with Crippen LogP contribution >= 0.6 is 0 Å². The smallest absolute Gasteiger partial charge is 0.251 e. The van der Waals surface area contributed by atoms with Gasteiger partial charge in [0, 0.05) is 24.6 Å². The Hall–Kier alpha value is -3.46. The molecule has 0 unspecified atom stereocenters. The second kappa shape index (κ2) is 7.42. The molecule has 0 saturated heterocycles. The number of rotatable bonds is 3. The van der Waals surface area contributed by atoms with Crippen LogP contribution < -0.4 is 4.90 Å². The van der Waals surface area contributed by atoms with Crippen LogP contribution in [0.2, 0.25) is 0 Å². The van der Waals surface area contributed by atoms with Crippen LogP contribution in [0.3, 0.4) is 0 Å². The predicted octanol–water partition coefficient (Wildman–Crippen LogP) is 4.99. The molecule has 1 aliphatic rings. The van der Waals surface area contributed by atoms with Gasteiger partial charge in [0.25, 0.3) is 5.91 Å². The van der Waals surface area contributed by atoms with E-state index in [0.29, 0.717) is 24.2 Å². The number of carbonyl (C=O) groups excluding carboxylic acids is 2. The van der Waals surface area contributed by atoms with E-state index in [4.69, 9.17) is 0 Å². The zero-order valence-corrected chi connectivity index (χ0v) is 14.8. The van der Waals surface area contributed by atoms with Crippen LogP contribution in [0.4, 0.5) is 5.69 Å². The highest BCUT2D eigenvalue weighted by molar-refractivity contribution is 6.12. The molecule has 1 aliphatic heterocycles. The molecule has 0 aliphatic carbocycles. The lowest BCUT2D eigenvalue weighted by molar-refractivity contribution is -0.114. The number of hydrogen-bond donors (Lipinski definition) is 0. The van der Waals surface area contributed by atoms with E-state index in [1.165, 1.54) is 5.56 Å². The lowest BCUT2D eigenvalue weighted by Crippen LogP contribution is -2.36. The maximum Gasteiger partial charge on any atom is 0.251 e. The van der Waals surface area contributed by atoms with Gasteiger partial charge in [-0.3, -0.25) is 9.59 Å². The van der Waals surface area contributed by atoms with Gasteiger partial charge in [0.15, 0.2) is 5.78 Å². The van der Waals surface area contributed by atoms with Gasteiger partial charge in [-0.25, -0.2) is 0 Å². The zero-order chi connectivity index (χ0) is 18.6. The fraction of sp³-hybridized carbons (Fsp3) is 0.0833. The van der Waals surface area contributed by atoms with Gasteiger partial charge in [-0.15, -0.1) is 0 Å². The maximum atomic E-state index is 12.7. The molecule has 0 aromatic heterocycles. The third-order valence-electron chi connectivity index (χ3n) is 4.76. The summed E-state index contributed by atoms with van der Waals surface area (Å²) in [5, 5.41) is 0. The van der Waals surface area contributed by atoms with Gasteiger partial charge in [-0.2, -0.15) is 0 Å². The monoisotopic (exact) mass is 353 g/mol. The van der Waals surface area contributed by atoms with E-state index in [-0.39, 0.29) is 11.7 Å². The molecule has 0 N–H and O–H groups in total. The van der Waals surface area contributed by atoms with E-state index < -0.39 is 0 Å². The highest BCUT2D eigenvalue weighted by Gasteiger charge is 2.25. The Labute approximate surface area is 158 Å². The van der Waals surface area contributed by atoms with Crippen molar-refractivity contribution >= 4 is 23.5 Å². The highest BCUT2D eigenvalue weighted by Crippen LogP contribution is 2.27. The minimum Gasteiger partial charge on any atom is -0.308 e. The first-order valence-electron chi connectivity index (χ1n) is 9.00. The van der Waals surface area contributed by atoms with E-state index in [2.05, 4.69) is 12.1 Å². The first-order valence-corrected chi connectivity index (χ1v) is 9.00. The van der Waals surface area contributed by atoms with Gasteiger partial charge in [-0.05, 0) is 34.9 Å². The van der Waals surface area contributed by atoms with Gasteiger partial charge < -0.3 is 4.90 Å². The summed E-state index contributed by atoms with van der Waals surface area (Å²) in [6, 6.07) is 25.6.